The highest BCUT2D eigenvalue weighted by molar-refractivity contribution is 4.98. The van der Waals surface area contributed by atoms with Crippen LogP contribution in [0.15, 0.2) is 12.3 Å². The van der Waals surface area contributed by atoms with E-state index < -0.39 is 0 Å². The van der Waals surface area contributed by atoms with Crippen LogP contribution in [0.2, 0.25) is 0 Å². The predicted octanol–water partition coefficient (Wildman–Crippen LogP) is 2.25. The third-order valence-electron chi connectivity index (χ3n) is 3.33. The Hall–Kier alpha value is -0.870. The lowest BCUT2D eigenvalue weighted by molar-refractivity contribution is 0.0104. The number of nitrogens with zero attached hydrogens (tertiary/aromatic N) is 2. The third kappa shape index (κ3) is 3.54. The summed E-state index contributed by atoms with van der Waals surface area (Å²) in [5, 5.41) is 4.47. The molecule has 1 saturated carbocycles. The van der Waals surface area contributed by atoms with Crippen molar-refractivity contribution in [1.82, 2.24) is 9.78 Å². The molecule has 0 spiro atoms. The summed E-state index contributed by atoms with van der Waals surface area (Å²) in [4.78, 5) is 0. The number of hydrogen-bond donors (Lipinski definition) is 1. The first-order valence-electron chi connectivity index (χ1n) is 6.56. The molecule has 1 aliphatic carbocycles. The van der Waals surface area contributed by atoms with Crippen molar-refractivity contribution in [2.45, 2.75) is 64.3 Å². The molecular weight excluding hydrogens is 214 g/mol. The molecule has 4 heteroatoms. The maximum absolute atomic E-state index is 5.94. The Kier molecular flexibility index (Phi) is 4.18. The van der Waals surface area contributed by atoms with Gasteiger partial charge in [-0.15, -0.1) is 0 Å². The van der Waals surface area contributed by atoms with E-state index in [4.69, 9.17) is 10.5 Å². The van der Waals surface area contributed by atoms with Crippen molar-refractivity contribution in [1.29, 1.82) is 0 Å². The Morgan fingerprint density at radius 1 is 1.53 bits per heavy atom. The highest BCUT2D eigenvalue weighted by Gasteiger charge is 2.19. The van der Waals surface area contributed by atoms with E-state index in [0.717, 1.165) is 25.0 Å². The number of hydrogen-bond acceptors (Lipinski definition) is 3. The monoisotopic (exact) mass is 237 g/mol. The minimum atomic E-state index is 0.321. The van der Waals surface area contributed by atoms with E-state index in [0.29, 0.717) is 24.8 Å². The summed E-state index contributed by atoms with van der Waals surface area (Å²) in [5.41, 5.74) is 6.95. The molecule has 0 bridgehead atoms. The zero-order valence-electron chi connectivity index (χ0n) is 10.8. The fourth-order valence-corrected chi connectivity index (χ4v) is 2.28. The Morgan fingerprint density at radius 2 is 2.35 bits per heavy atom. The van der Waals surface area contributed by atoms with Crippen LogP contribution in [-0.2, 0) is 11.3 Å². The lowest BCUT2D eigenvalue weighted by Gasteiger charge is -2.26. The lowest BCUT2D eigenvalue weighted by atomic mass is 9.94. The fourth-order valence-electron chi connectivity index (χ4n) is 2.28. The van der Waals surface area contributed by atoms with E-state index in [2.05, 4.69) is 18.9 Å². The second-order valence-corrected chi connectivity index (χ2v) is 5.24. The molecule has 2 rings (SSSR count). The Labute approximate surface area is 103 Å². The third-order valence-corrected chi connectivity index (χ3v) is 3.33. The van der Waals surface area contributed by atoms with Crippen LogP contribution in [-0.4, -0.2) is 21.9 Å². The van der Waals surface area contributed by atoms with Crippen LogP contribution in [0.3, 0.4) is 0 Å². The second-order valence-electron chi connectivity index (χ2n) is 5.24. The molecule has 0 aliphatic heterocycles. The van der Waals surface area contributed by atoms with Gasteiger partial charge in [0.05, 0.1) is 18.4 Å². The second kappa shape index (κ2) is 5.65. The molecule has 1 fully saturated rings. The molecule has 1 heterocycles. The smallest absolute Gasteiger partial charge is 0.0910 e. The van der Waals surface area contributed by atoms with Crippen molar-refractivity contribution in [2.24, 2.45) is 5.73 Å². The summed E-state index contributed by atoms with van der Waals surface area (Å²) < 4.78 is 7.84. The number of aromatic nitrogens is 2. The van der Waals surface area contributed by atoms with Gasteiger partial charge in [0.2, 0.25) is 0 Å². The van der Waals surface area contributed by atoms with Gasteiger partial charge >= 0.3 is 0 Å². The summed E-state index contributed by atoms with van der Waals surface area (Å²) in [7, 11) is 0. The number of nitrogens with two attached hydrogens (primary N) is 1. The van der Waals surface area contributed by atoms with E-state index >= 15 is 0 Å². The molecule has 2 unspecified atom stereocenters. The average molecular weight is 237 g/mol. The highest BCUT2D eigenvalue weighted by atomic mass is 16.5. The summed E-state index contributed by atoms with van der Waals surface area (Å²) in [5.74, 6) is 0. The van der Waals surface area contributed by atoms with Crippen molar-refractivity contribution < 1.29 is 4.74 Å². The van der Waals surface area contributed by atoms with Crippen molar-refractivity contribution in [3.05, 3.63) is 18.0 Å². The molecular formula is C13H23N3O. The molecule has 2 atom stereocenters. The normalized spacial score (nSPS) is 25.4. The number of rotatable bonds is 4. The molecule has 0 saturated heterocycles. The van der Waals surface area contributed by atoms with Crippen LogP contribution >= 0.6 is 0 Å². The van der Waals surface area contributed by atoms with Crippen molar-refractivity contribution >= 4 is 0 Å². The van der Waals surface area contributed by atoms with Gasteiger partial charge in [-0.1, -0.05) is 0 Å². The first-order valence-corrected chi connectivity index (χ1v) is 6.56. The average Bonchev–Trinajstić information content (AvgIpc) is 2.75. The van der Waals surface area contributed by atoms with Crippen LogP contribution in [0.1, 0.15) is 51.3 Å². The maximum atomic E-state index is 5.94. The number of ether oxygens (including phenoxy) is 1. The van der Waals surface area contributed by atoms with E-state index in [9.17, 15) is 0 Å². The minimum Gasteiger partial charge on any atom is -0.372 e. The standard InChI is InChI=1S/C13H23N3O/c1-10(2)16-7-6-12(15-16)9-17-13-5-3-4-11(14)8-13/h6-7,10-11,13H,3-5,8-9,14H2,1-2H3. The van der Waals surface area contributed by atoms with Gasteiger partial charge in [-0.2, -0.15) is 5.10 Å². The molecule has 4 nitrogen and oxygen atoms in total. The van der Waals surface area contributed by atoms with Crippen LogP contribution in [0.5, 0.6) is 0 Å². The minimum absolute atomic E-state index is 0.321. The topological polar surface area (TPSA) is 53.1 Å². The molecule has 2 N–H and O–H groups in total. The molecule has 1 aliphatic rings. The first kappa shape index (κ1) is 12.6. The Bertz CT molecular complexity index is 348. The Balaban J connectivity index is 1.80. The fraction of sp³-hybridized carbons (Fsp3) is 0.769. The van der Waals surface area contributed by atoms with Gasteiger partial charge < -0.3 is 10.5 Å². The van der Waals surface area contributed by atoms with Crippen molar-refractivity contribution in [3.8, 4) is 0 Å². The van der Waals surface area contributed by atoms with E-state index in [1.807, 2.05) is 16.9 Å². The van der Waals surface area contributed by atoms with Gasteiger partial charge in [0.15, 0.2) is 0 Å². The Morgan fingerprint density at radius 3 is 3.00 bits per heavy atom. The highest BCUT2D eigenvalue weighted by Crippen LogP contribution is 2.20. The predicted molar refractivity (Wildman–Crippen MR) is 67.6 cm³/mol. The van der Waals surface area contributed by atoms with Crippen molar-refractivity contribution in [2.75, 3.05) is 0 Å². The first-order chi connectivity index (χ1) is 8.15. The van der Waals surface area contributed by atoms with Crippen molar-refractivity contribution in [3.63, 3.8) is 0 Å². The van der Waals surface area contributed by atoms with E-state index in [1.54, 1.807) is 0 Å². The van der Waals surface area contributed by atoms with Gasteiger partial charge in [0.1, 0.15) is 0 Å². The van der Waals surface area contributed by atoms with Crippen LogP contribution in [0.25, 0.3) is 0 Å². The zero-order chi connectivity index (χ0) is 12.3. The van der Waals surface area contributed by atoms with E-state index in [-0.39, 0.29) is 0 Å². The van der Waals surface area contributed by atoms with Crippen LogP contribution in [0, 0.1) is 0 Å². The summed E-state index contributed by atoms with van der Waals surface area (Å²) >= 11 is 0. The van der Waals surface area contributed by atoms with Gasteiger partial charge in [0, 0.05) is 18.3 Å². The summed E-state index contributed by atoms with van der Waals surface area (Å²) in [6.45, 7) is 4.85. The van der Waals surface area contributed by atoms with E-state index in [1.165, 1.54) is 6.42 Å². The largest absolute Gasteiger partial charge is 0.372 e. The van der Waals surface area contributed by atoms with Crippen LogP contribution < -0.4 is 5.73 Å². The van der Waals surface area contributed by atoms with Crippen LogP contribution in [0.4, 0.5) is 0 Å². The van der Waals surface area contributed by atoms with Gasteiger partial charge in [-0.05, 0) is 45.6 Å². The lowest BCUT2D eigenvalue weighted by Crippen LogP contribution is -2.32. The molecule has 0 radical (unpaired) electrons. The van der Waals surface area contributed by atoms with Gasteiger partial charge in [0.25, 0.3) is 0 Å². The molecule has 0 aromatic carbocycles. The molecule has 1 aromatic rings. The zero-order valence-corrected chi connectivity index (χ0v) is 10.8. The summed E-state index contributed by atoms with van der Waals surface area (Å²) in [6, 6.07) is 2.76. The molecule has 0 amide bonds. The van der Waals surface area contributed by atoms with Gasteiger partial charge in [-0.3, -0.25) is 4.68 Å². The quantitative estimate of drug-likeness (QED) is 0.874. The SMILES string of the molecule is CC(C)n1ccc(COC2CCCC(N)C2)n1. The molecule has 17 heavy (non-hydrogen) atoms. The maximum Gasteiger partial charge on any atom is 0.0910 e. The van der Waals surface area contributed by atoms with Gasteiger partial charge in [-0.25, -0.2) is 0 Å². The summed E-state index contributed by atoms with van der Waals surface area (Å²) in [6.07, 6.45) is 6.79. The molecule has 1 aromatic heterocycles. The molecule has 96 valence electrons.